The second kappa shape index (κ2) is 4.97. The Bertz CT molecular complexity index is 797. The summed E-state index contributed by atoms with van der Waals surface area (Å²) in [6.45, 7) is 1.50. The highest BCUT2D eigenvalue weighted by Gasteiger charge is 2.09. The van der Waals surface area contributed by atoms with Crippen LogP contribution in [0.3, 0.4) is 0 Å². The van der Waals surface area contributed by atoms with Crippen LogP contribution in [0.25, 0.3) is 5.65 Å². The molecule has 1 aromatic carbocycles. The Labute approximate surface area is 119 Å². The smallest absolute Gasteiger partial charge is 0.200 e. The van der Waals surface area contributed by atoms with Crippen LogP contribution in [0, 0.1) is 0 Å². The van der Waals surface area contributed by atoms with E-state index in [0.717, 1.165) is 15.7 Å². The number of aromatic nitrogens is 3. The molecule has 0 aliphatic carbocycles. The Balaban J connectivity index is 1.95. The number of nitrogens with two attached hydrogens (primary N) is 1. The molecule has 0 fully saturated rings. The van der Waals surface area contributed by atoms with E-state index in [4.69, 9.17) is 5.73 Å². The summed E-state index contributed by atoms with van der Waals surface area (Å²) in [6.07, 6.45) is 1.91. The molecule has 100 valence electrons. The van der Waals surface area contributed by atoms with E-state index >= 15 is 0 Å². The number of nitrogen functional groups attached to an aromatic ring is 1. The summed E-state index contributed by atoms with van der Waals surface area (Å²) in [5, 5.41) is 9.00. The predicted octanol–water partition coefficient (Wildman–Crippen LogP) is 2.67. The van der Waals surface area contributed by atoms with E-state index in [1.54, 1.807) is 12.1 Å². The molecule has 0 bridgehead atoms. The van der Waals surface area contributed by atoms with Gasteiger partial charge in [0.25, 0.3) is 0 Å². The molecular weight excluding hydrogens is 272 g/mol. The molecule has 3 aromatic rings. The molecular formula is C14H12N4OS. The molecule has 2 N–H and O–H groups in total. The van der Waals surface area contributed by atoms with Gasteiger partial charge in [-0.15, -0.1) is 10.2 Å². The molecule has 0 spiro atoms. The normalized spacial score (nSPS) is 10.8. The number of hydrogen-bond donors (Lipinski definition) is 1. The van der Waals surface area contributed by atoms with Gasteiger partial charge in [-0.3, -0.25) is 9.20 Å². The van der Waals surface area contributed by atoms with Crippen LogP contribution in [0.1, 0.15) is 17.3 Å². The number of fused-ring (bicyclic) bond motifs is 1. The lowest BCUT2D eigenvalue weighted by atomic mass is 10.1. The molecule has 2 heterocycles. The zero-order valence-electron chi connectivity index (χ0n) is 10.8. The topological polar surface area (TPSA) is 73.3 Å². The molecule has 0 radical (unpaired) electrons. The molecule has 2 aromatic heterocycles. The Hall–Kier alpha value is -2.34. The van der Waals surface area contributed by atoms with Gasteiger partial charge in [0, 0.05) is 22.3 Å². The molecule has 20 heavy (non-hydrogen) atoms. The van der Waals surface area contributed by atoms with Crippen molar-refractivity contribution in [1.29, 1.82) is 0 Å². The summed E-state index contributed by atoms with van der Waals surface area (Å²) in [5.74, 6) is -0.0352. The number of carbonyl (C=O) groups is 1. The Morgan fingerprint density at radius 2 is 2.10 bits per heavy atom. The summed E-state index contributed by atoms with van der Waals surface area (Å²) in [7, 11) is 0. The van der Waals surface area contributed by atoms with Crippen LogP contribution < -0.4 is 5.73 Å². The van der Waals surface area contributed by atoms with Crippen molar-refractivity contribution in [2.24, 2.45) is 0 Å². The highest BCUT2D eigenvalue weighted by Crippen LogP contribution is 2.29. The summed E-state index contributed by atoms with van der Waals surface area (Å²) >= 11 is 1.46. The van der Waals surface area contributed by atoms with E-state index in [1.165, 1.54) is 18.7 Å². The van der Waals surface area contributed by atoms with Crippen molar-refractivity contribution < 1.29 is 4.79 Å². The van der Waals surface area contributed by atoms with E-state index in [9.17, 15) is 4.79 Å². The van der Waals surface area contributed by atoms with Crippen molar-refractivity contribution in [1.82, 2.24) is 14.6 Å². The van der Waals surface area contributed by atoms with Crippen LogP contribution in [0.2, 0.25) is 0 Å². The van der Waals surface area contributed by atoms with E-state index in [1.807, 2.05) is 34.9 Å². The third kappa shape index (κ3) is 2.25. The predicted molar refractivity (Wildman–Crippen MR) is 78.0 cm³/mol. The lowest BCUT2D eigenvalue weighted by molar-refractivity contribution is 0.101. The molecule has 0 unspecified atom stereocenters. The first-order chi connectivity index (χ1) is 9.65. The first-order valence-corrected chi connectivity index (χ1v) is 6.85. The quantitative estimate of drug-likeness (QED) is 0.591. The van der Waals surface area contributed by atoms with Crippen LogP contribution in [0.15, 0.2) is 52.6 Å². The van der Waals surface area contributed by atoms with Crippen molar-refractivity contribution in [3.63, 3.8) is 0 Å². The summed E-state index contributed by atoms with van der Waals surface area (Å²) in [5.41, 5.74) is 7.71. The number of Topliss-reactive ketones (excluding diaryl/α,β-unsaturated/α-hetero) is 1. The van der Waals surface area contributed by atoms with Crippen molar-refractivity contribution in [2.75, 3.05) is 5.73 Å². The van der Waals surface area contributed by atoms with Gasteiger partial charge in [0.2, 0.25) is 0 Å². The molecule has 0 amide bonds. The third-order valence-electron chi connectivity index (χ3n) is 2.89. The fraction of sp³-hybridized carbons (Fsp3) is 0.0714. The summed E-state index contributed by atoms with van der Waals surface area (Å²) in [6, 6.07) is 11.1. The lowest BCUT2D eigenvalue weighted by Gasteiger charge is -2.05. The second-order valence-corrected chi connectivity index (χ2v) is 5.36. The minimum absolute atomic E-state index is 0.0352. The minimum atomic E-state index is -0.0352. The number of benzene rings is 1. The molecule has 0 aliphatic rings. The molecule has 3 rings (SSSR count). The molecule has 5 nitrogen and oxygen atoms in total. The van der Waals surface area contributed by atoms with E-state index in [2.05, 4.69) is 10.2 Å². The first kappa shape index (κ1) is 12.7. The van der Waals surface area contributed by atoms with E-state index < -0.39 is 0 Å². The maximum atomic E-state index is 11.4. The number of carbonyl (C=O) groups excluding carboxylic acids is 1. The average Bonchev–Trinajstić information content (AvgIpc) is 2.82. The number of anilines is 1. The van der Waals surface area contributed by atoms with Crippen molar-refractivity contribution in [3.05, 3.63) is 48.2 Å². The van der Waals surface area contributed by atoms with Crippen molar-refractivity contribution in [2.45, 2.75) is 17.0 Å². The van der Waals surface area contributed by atoms with Crippen LogP contribution in [0.4, 0.5) is 5.69 Å². The van der Waals surface area contributed by atoms with Gasteiger partial charge in [-0.25, -0.2) is 0 Å². The Morgan fingerprint density at radius 1 is 1.25 bits per heavy atom. The number of rotatable bonds is 3. The molecule has 0 atom stereocenters. The number of pyridine rings is 1. The molecule has 0 aliphatic heterocycles. The monoisotopic (exact) mass is 284 g/mol. The molecule has 6 heteroatoms. The van der Waals surface area contributed by atoms with Gasteiger partial charge in [-0.05, 0) is 49.0 Å². The van der Waals surface area contributed by atoms with E-state index in [0.29, 0.717) is 11.3 Å². The highest BCUT2D eigenvalue weighted by molar-refractivity contribution is 7.99. The lowest BCUT2D eigenvalue weighted by Crippen LogP contribution is -1.99. The van der Waals surface area contributed by atoms with Gasteiger partial charge in [0.1, 0.15) is 0 Å². The fourth-order valence-corrected chi connectivity index (χ4v) is 2.79. The number of nitrogens with zero attached hydrogens (tertiary/aromatic N) is 3. The summed E-state index contributed by atoms with van der Waals surface area (Å²) in [4.78, 5) is 12.3. The van der Waals surface area contributed by atoms with Gasteiger partial charge < -0.3 is 5.73 Å². The first-order valence-electron chi connectivity index (χ1n) is 6.03. The van der Waals surface area contributed by atoms with Gasteiger partial charge in [0.05, 0.1) is 0 Å². The van der Waals surface area contributed by atoms with Crippen LogP contribution in [-0.4, -0.2) is 20.4 Å². The van der Waals surface area contributed by atoms with Crippen molar-refractivity contribution >= 4 is 28.9 Å². The van der Waals surface area contributed by atoms with Gasteiger partial charge >= 0.3 is 0 Å². The maximum absolute atomic E-state index is 11.4. The van der Waals surface area contributed by atoms with Crippen molar-refractivity contribution in [3.8, 4) is 0 Å². The Kier molecular flexibility index (Phi) is 3.15. The highest BCUT2D eigenvalue weighted by atomic mass is 32.2. The summed E-state index contributed by atoms with van der Waals surface area (Å²) < 4.78 is 1.90. The van der Waals surface area contributed by atoms with Gasteiger partial charge in [-0.1, -0.05) is 6.07 Å². The van der Waals surface area contributed by atoms with Crippen LogP contribution in [0.5, 0.6) is 0 Å². The Morgan fingerprint density at radius 3 is 2.85 bits per heavy atom. The van der Waals surface area contributed by atoms with Gasteiger partial charge in [-0.2, -0.15) is 0 Å². The number of ketones is 1. The fourth-order valence-electron chi connectivity index (χ4n) is 1.92. The van der Waals surface area contributed by atoms with Gasteiger partial charge in [0.15, 0.2) is 16.6 Å². The standard InChI is InChI=1S/C14H12N4OS/c1-9(19)11-6-5-10(8-12(11)15)20-14-17-16-13-4-2-3-7-18(13)14/h2-8H,15H2,1H3. The maximum Gasteiger partial charge on any atom is 0.200 e. The second-order valence-electron chi connectivity index (χ2n) is 4.32. The largest absolute Gasteiger partial charge is 0.398 e. The molecule has 0 saturated carbocycles. The van der Waals surface area contributed by atoms with Crippen LogP contribution >= 0.6 is 11.8 Å². The van der Waals surface area contributed by atoms with Crippen LogP contribution in [-0.2, 0) is 0 Å². The minimum Gasteiger partial charge on any atom is -0.398 e. The van der Waals surface area contributed by atoms with E-state index in [-0.39, 0.29) is 5.78 Å². The number of hydrogen-bond acceptors (Lipinski definition) is 5. The zero-order valence-corrected chi connectivity index (χ0v) is 11.6. The third-order valence-corrected chi connectivity index (χ3v) is 3.84. The SMILES string of the molecule is CC(=O)c1ccc(Sc2nnc3ccccn23)cc1N. The average molecular weight is 284 g/mol. The zero-order chi connectivity index (χ0) is 14.1. The molecule has 0 saturated heterocycles.